The predicted octanol–water partition coefficient (Wildman–Crippen LogP) is 3.71. The highest BCUT2D eigenvalue weighted by atomic mass is 19.4. The molecule has 0 radical (unpaired) electrons. The molecular formula is C14H17F6N3. The SMILES string of the molecule is CCNC(=NCc1ccc(C(F)(F)F)cc1)NCCC(F)(F)F. The topological polar surface area (TPSA) is 36.4 Å². The fourth-order valence-electron chi connectivity index (χ4n) is 1.63. The normalized spacial score (nSPS) is 13.1. The highest BCUT2D eigenvalue weighted by molar-refractivity contribution is 5.79. The lowest BCUT2D eigenvalue weighted by Crippen LogP contribution is -2.38. The van der Waals surface area contributed by atoms with E-state index in [1.807, 2.05) is 0 Å². The van der Waals surface area contributed by atoms with Gasteiger partial charge in [0, 0.05) is 13.1 Å². The Balaban J connectivity index is 2.62. The highest BCUT2D eigenvalue weighted by Gasteiger charge is 2.29. The molecule has 1 aromatic carbocycles. The number of nitrogens with one attached hydrogen (secondary N) is 2. The average molecular weight is 341 g/mol. The third-order valence-electron chi connectivity index (χ3n) is 2.75. The van der Waals surface area contributed by atoms with Gasteiger partial charge >= 0.3 is 12.4 Å². The lowest BCUT2D eigenvalue weighted by molar-refractivity contribution is -0.137. The first kappa shape index (κ1) is 19.1. The zero-order valence-corrected chi connectivity index (χ0v) is 12.4. The molecular weight excluding hydrogens is 324 g/mol. The Morgan fingerprint density at radius 3 is 2.09 bits per heavy atom. The summed E-state index contributed by atoms with van der Waals surface area (Å²) in [4.78, 5) is 4.04. The summed E-state index contributed by atoms with van der Waals surface area (Å²) in [7, 11) is 0. The Morgan fingerprint density at radius 1 is 1.00 bits per heavy atom. The van der Waals surface area contributed by atoms with Crippen molar-refractivity contribution in [1.29, 1.82) is 0 Å². The van der Waals surface area contributed by atoms with Crippen LogP contribution < -0.4 is 10.6 Å². The molecule has 0 saturated carbocycles. The van der Waals surface area contributed by atoms with E-state index in [9.17, 15) is 26.3 Å². The Morgan fingerprint density at radius 2 is 1.61 bits per heavy atom. The van der Waals surface area contributed by atoms with Crippen molar-refractivity contribution >= 4 is 5.96 Å². The number of guanidine groups is 1. The first-order valence-corrected chi connectivity index (χ1v) is 6.87. The second kappa shape index (κ2) is 8.07. The van der Waals surface area contributed by atoms with Crippen LogP contribution in [0.25, 0.3) is 0 Å². The van der Waals surface area contributed by atoms with Gasteiger partial charge < -0.3 is 10.6 Å². The average Bonchev–Trinajstić information content (AvgIpc) is 2.43. The first-order valence-electron chi connectivity index (χ1n) is 6.87. The molecule has 130 valence electrons. The van der Waals surface area contributed by atoms with E-state index in [1.165, 1.54) is 12.1 Å². The number of rotatable bonds is 5. The summed E-state index contributed by atoms with van der Waals surface area (Å²) < 4.78 is 73.5. The van der Waals surface area contributed by atoms with Gasteiger partial charge in [0.05, 0.1) is 18.5 Å². The largest absolute Gasteiger partial charge is 0.416 e. The molecule has 1 aromatic rings. The molecule has 0 aliphatic carbocycles. The number of hydrogen-bond donors (Lipinski definition) is 2. The molecule has 23 heavy (non-hydrogen) atoms. The van der Waals surface area contributed by atoms with Crippen molar-refractivity contribution in [2.75, 3.05) is 13.1 Å². The Hall–Kier alpha value is -1.93. The van der Waals surface area contributed by atoms with E-state index in [0.717, 1.165) is 12.1 Å². The first-order chi connectivity index (χ1) is 10.6. The van der Waals surface area contributed by atoms with Crippen LogP contribution in [0.1, 0.15) is 24.5 Å². The van der Waals surface area contributed by atoms with Gasteiger partial charge in [0.2, 0.25) is 0 Å². The van der Waals surface area contributed by atoms with Gasteiger partial charge in [0.1, 0.15) is 0 Å². The number of aliphatic imine (C=N–C) groups is 1. The molecule has 0 spiro atoms. The summed E-state index contributed by atoms with van der Waals surface area (Å²) in [5.41, 5.74) is -0.244. The number of halogens is 6. The van der Waals surface area contributed by atoms with Gasteiger partial charge in [-0.3, -0.25) is 0 Å². The zero-order valence-electron chi connectivity index (χ0n) is 12.4. The molecule has 0 heterocycles. The van der Waals surface area contributed by atoms with E-state index in [1.54, 1.807) is 6.92 Å². The lowest BCUT2D eigenvalue weighted by atomic mass is 10.1. The van der Waals surface area contributed by atoms with Gasteiger partial charge in [0.15, 0.2) is 5.96 Å². The van der Waals surface area contributed by atoms with Crippen molar-refractivity contribution in [3.05, 3.63) is 35.4 Å². The minimum absolute atomic E-state index is 0.0550. The maximum Gasteiger partial charge on any atom is 0.416 e. The second-order valence-electron chi connectivity index (χ2n) is 4.68. The number of benzene rings is 1. The smallest absolute Gasteiger partial charge is 0.357 e. The Bertz CT molecular complexity index is 505. The molecule has 9 heteroatoms. The van der Waals surface area contributed by atoms with Crippen LogP contribution in [0.4, 0.5) is 26.3 Å². The van der Waals surface area contributed by atoms with E-state index in [-0.39, 0.29) is 19.0 Å². The summed E-state index contributed by atoms with van der Waals surface area (Å²) in [5, 5.41) is 5.29. The molecule has 0 amide bonds. The second-order valence-corrected chi connectivity index (χ2v) is 4.68. The van der Waals surface area contributed by atoms with Crippen LogP contribution in [0.2, 0.25) is 0 Å². The number of alkyl halides is 6. The quantitative estimate of drug-likeness (QED) is 0.487. The summed E-state index contributed by atoms with van der Waals surface area (Å²) >= 11 is 0. The molecule has 0 fully saturated rings. The predicted molar refractivity (Wildman–Crippen MR) is 74.9 cm³/mol. The van der Waals surface area contributed by atoms with E-state index < -0.39 is 24.3 Å². The van der Waals surface area contributed by atoms with Crippen LogP contribution in [-0.2, 0) is 12.7 Å². The van der Waals surface area contributed by atoms with Gasteiger partial charge in [0.25, 0.3) is 0 Å². The maximum atomic E-state index is 12.4. The van der Waals surface area contributed by atoms with Gasteiger partial charge in [-0.05, 0) is 24.6 Å². The number of nitrogens with zero attached hydrogens (tertiary/aromatic N) is 1. The van der Waals surface area contributed by atoms with Crippen LogP contribution in [0.3, 0.4) is 0 Å². The Kier molecular flexibility index (Phi) is 6.71. The fourth-order valence-corrected chi connectivity index (χ4v) is 1.63. The molecule has 0 unspecified atom stereocenters. The summed E-state index contributed by atoms with van der Waals surface area (Å²) in [5.74, 6) is 0.177. The van der Waals surface area contributed by atoms with E-state index in [2.05, 4.69) is 15.6 Å². The Labute approximate surface area is 129 Å². The molecule has 0 aliphatic heterocycles. The van der Waals surface area contributed by atoms with Crippen molar-refractivity contribution < 1.29 is 26.3 Å². The van der Waals surface area contributed by atoms with Gasteiger partial charge in [-0.15, -0.1) is 0 Å². The van der Waals surface area contributed by atoms with Crippen molar-refractivity contribution in [2.45, 2.75) is 32.2 Å². The zero-order chi connectivity index (χ0) is 17.5. The van der Waals surface area contributed by atoms with Crippen LogP contribution in [-0.4, -0.2) is 25.2 Å². The molecule has 0 saturated heterocycles. The van der Waals surface area contributed by atoms with Gasteiger partial charge in [-0.25, -0.2) is 4.99 Å². The molecule has 3 nitrogen and oxygen atoms in total. The van der Waals surface area contributed by atoms with Crippen LogP contribution in [0.5, 0.6) is 0 Å². The van der Waals surface area contributed by atoms with Gasteiger partial charge in [-0.2, -0.15) is 26.3 Å². The fraction of sp³-hybridized carbons (Fsp3) is 0.500. The minimum Gasteiger partial charge on any atom is -0.357 e. The third kappa shape index (κ3) is 7.75. The van der Waals surface area contributed by atoms with Crippen LogP contribution in [0.15, 0.2) is 29.3 Å². The standard InChI is InChI=1S/C14H17F6N3/c1-2-21-12(22-8-7-13(15,16)17)23-9-10-3-5-11(6-4-10)14(18,19)20/h3-6H,2,7-9H2,1H3,(H2,21,22,23). The monoisotopic (exact) mass is 341 g/mol. The number of hydrogen-bond acceptors (Lipinski definition) is 1. The summed E-state index contributed by atoms with van der Waals surface area (Å²) in [6, 6.07) is 4.45. The van der Waals surface area contributed by atoms with Crippen molar-refractivity contribution in [3.8, 4) is 0 Å². The summed E-state index contributed by atoms with van der Waals surface area (Å²) in [6.45, 7) is 1.92. The molecule has 0 atom stereocenters. The van der Waals surface area contributed by atoms with Crippen LogP contribution >= 0.6 is 0 Å². The third-order valence-corrected chi connectivity index (χ3v) is 2.75. The molecule has 1 rings (SSSR count). The van der Waals surface area contributed by atoms with E-state index in [0.29, 0.717) is 12.1 Å². The van der Waals surface area contributed by atoms with Crippen molar-refractivity contribution in [1.82, 2.24) is 10.6 Å². The van der Waals surface area contributed by atoms with E-state index in [4.69, 9.17) is 0 Å². The highest BCUT2D eigenvalue weighted by Crippen LogP contribution is 2.29. The molecule has 0 aromatic heterocycles. The van der Waals surface area contributed by atoms with Crippen molar-refractivity contribution in [2.24, 2.45) is 4.99 Å². The van der Waals surface area contributed by atoms with Crippen molar-refractivity contribution in [3.63, 3.8) is 0 Å². The van der Waals surface area contributed by atoms with Gasteiger partial charge in [-0.1, -0.05) is 12.1 Å². The molecule has 2 N–H and O–H groups in total. The molecule has 0 aliphatic rings. The maximum absolute atomic E-state index is 12.4. The van der Waals surface area contributed by atoms with E-state index >= 15 is 0 Å². The lowest BCUT2D eigenvalue weighted by Gasteiger charge is -2.12. The minimum atomic E-state index is -4.41. The van der Waals surface area contributed by atoms with Crippen LogP contribution in [0, 0.1) is 0 Å². The summed E-state index contributed by atoms with van der Waals surface area (Å²) in [6.07, 6.45) is -9.68. The molecule has 0 bridgehead atoms.